The van der Waals surface area contributed by atoms with E-state index in [0.29, 0.717) is 13.1 Å². The lowest BCUT2D eigenvalue weighted by Gasteiger charge is -2.22. The average molecular weight is 279 g/mol. The van der Waals surface area contributed by atoms with Crippen LogP contribution in [0.15, 0.2) is 0 Å². The molecule has 3 amide bonds. The second-order valence-electron chi connectivity index (χ2n) is 4.64. The largest absolute Gasteiger partial charge is 0.324 e. The summed E-state index contributed by atoms with van der Waals surface area (Å²) in [7, 11) is 0. The number of nitrogens with one attached hydrogen (secondary N) is 1. The quantitative estimate of drug-likeness (QED) is 0.787. The van der Waals surface area contributed by atoms with E-state index in [2.05, 4.69) is 19.2 Å². The van der Waals surface area contributed by atoms with Gasteiger partial charge in [-0.05, 0) is 6.42 Å². The molecule has 1 fully saturated rings. The van der Waals surface area contributed by atoms with Gasteiger partial charge in [-0.1, -0.05) is 13.8 Å². The van der Waals surface area contributed by atoms with Crippen LogP contribution in [0.1, 0.15) is 26.7 Å². The van der Waals surface area contributed by atoms with Crippen molar-refractivity contribution in [1.29, 1.82) is 0 Å². The Balaban J connectivity index is 2.44. The van der Waals surface area contributed by atoms with Crippen molar-refractivity contribution in [1.82, 2.24) is 10.2 Å². The Bertz CT molecular complexity index is 297. The van der Waals surface area contributed by atoms with Gasteiger partial charge in [-0.2, -0.15) is 11.8 Å². The van der Waals surface area contributed by atoms with Crippen molar-refractivity contribution in [3.8, 4) is 0 Å². The van der Waals surface area contributed by atoms with Gasteiger partial charge in [0.05, 0.1) is 0 Å². The molecule has 98 valence electrons. The molecule has 0 saturated carbocycles. The minimum Gasteiger partial charge on any atom is -0.324 e. The Morgan fingerprint density at radius 2 is 2.12 bits per heavy atom. The minimum absolute atomic E-state index is 0.182. The molecule has 0 aromatic rings. The number of thioether (sulfide) groups is 1. The predicted molar refractivity (Wildman–Crippen MR) is 71.6 cm³/mol. The molecule has 0 aliphatic carbocycles. The van der Waals surface area contributed by atoms with Crippen LogP contribution in [-0.2, 0) is 4.79 Å². The molecular formula is C11H19ClN2O2S. The summed E-state index contributed by atoms with van der Waals surface area (Å²) >= 11 is 7.30. The smallest absolute Gasteiger partial charge is 0.324 e. The van der Waals surface area contributed by atoms with Crippen molar-refractivity contribution in [3.05, 3.63) is 0 Å². The van der Waals surface area contributed by atoms with E-state index in [1.807, 2.05) is 11.8 Å². The van der Waals surface area contributed by atoms with Gasteiger partial charge in [0.15, 0.2) is 0 Å². The summed E-state index contributed by atoms with van der Waals surface area (Å²) in [5, 5.41) is 2.36. The van der Waals surface area contributed by atoms with Crippen LogP contribution in [0, 0.1) is 0 Å². The lowest BCUT2D eigenvalue weighted by atomic mass is 10.1. The normalized spacial score (nSPS) is 19.6. The molecule has 0 aromatic carbocycles. The van der Waals surface area contributed by atoms with Gasteiger partial charge in [-0.15, -0.1) is 11.6 Å². The van der Waals surface area contributed by atoms with Crippen LogP contribution < -0.4 is 5.32 Å². The molecule has 1 aliphatic heterocycles. The molecule has 4 nitrogen and oxygen atoms in total. The van der Waals surface area contributed by atoms with Crippen LogP contribution in [0.5, 0.6) is 0 Å². The third-order valence-electron chi connectivity index (χ3n) is 2.69. The molecular weight excluding hydrogens is 260 g/mol. The Hall–Kier alpha value is -0.420. The lowest BCUT2D eigenvalue weighted by molar-refractivity contribution is -0.119. The van der Waals surface area contributed by atoms with Crippen molar-refractivity contribution in [2.75, 3.05) is 24.7 Å². The minimum atomic E-state index is -0.304. The van der Waals surface area contributed by atoms with Crippen molar-refractivity contribution < 1.29 is 9.59 Å². The number of halogens is 1. The Kier molecular flexibility index (Phi) is 5.59. The topological polar surface area (TPSA) is 49.4 Å². The molecule has 0 bridgehead atoms. The van der Waals surface area contributed by atoms with Gasteiger partial charge in [0.25, 0.3) is 0 Å². The standard InChI is InChI=1S/C11H19ClN2O2S/c1-11(2)4-6-14(7-8-17-11)10(16)13-9(15)3-5-12/h3-8H2,1-2H3,(H,13,15,16). The average Bonchev–Trinajstić information content (AvgIpc) is 2.39. The Morgan fingerprint density at radius 3 is 2.76 bits per heavy atom. The molecule has 1 rings (SSSR count). The van der Waals surface area contributed by atoms with Gasteiger partial charge >= 0.3 is 6.03 Å². The number of urea groups is 1. The predicted octanol–water partition coefficient (Wildman–Crippen LogP) is 2.07. The van der Waals surface area contributed by atoms with E-state index in [1.54, 1.807) is 4.90 Å². The van der Waals surface area contributed by atoms with Crippen LogP contribution in [-0.4, -0.2) is 46.3 Å². The second-order valence-corrected chi connectivity index (χ2v) is 6.82. The molecule has 1 saturated heterocycles. The monoisotopic (exact) mass is 278 g/mol. The number of amides is 3. The fourth-order valence-corrected chi connectivity index (χ4v) is 2.84. The summed E-state index contributed by atoms with van der Waals surface area (Å²) in [6.45, 7) is 5.74. The van der Waals surface area contributed by atoms with Crippen LogP contribution in [0.3, 0.4) is 0 Å². The van der Waals surface area contributed by atoms with Crippen LogP contribution >= 0.6 is 23.4 Å². The highest BCUT2D eigenvalue weighted by molar-refractivity contribution is 8.00. The van der Waals surface area contributed by atoms with E-state index in [0.717, 1.165) is 12.2 Å². The molecule has 0 spiro atoms. The van der Waals surface area contributed by atoms with E-state index >= 15 is 0 Å². The zero-order valence-electron chi connectivity index (χ0n) is 10.3. The van der Waals surface area contributed by atoms with Crippen LogP contribution in [0.4, 0.5) is 4.79 Å². The first-order valence-corrected chi connectivity index (χ1v) is 7.25. The maximum absolute atomic E-state index is 11.8. The molecule has 1 aliphatic rings. The van der Waals surface area contributed by atoms with Gasteiger partial charge < -0.3 is 4.90 Å². The molecule has 1 heterocycles. The molecule has 0 aromatic heterocycles. The molecule has 17 heavy (non-hydrogen) atoms. The first kappa shape index (κ1) is 14.6. The highest BCUT2D eigenvalue weighted by Crippen LogP contribution is 2.30. The van der Waals surface area contributed by atoms with Crippen LogP contribution in [0.2, 0.25) is 0 Å². The van der Waals surface area contributed by atoms with Crippen molar-refractivity contribution in [3.63, 3.8) is 0 Å². The van der Waals surface area contributed by atoms with Gasteiger partial charge in [0.1, 0.15) is 0 Å². The van der Waals surface area contributed by atoms with Gasteiger partial charge in [0, 0.05) is 35.9 Å². The molecule has 0 atom stereocenters. The van der Waals surface area contributed by atoms with E-state index in [1.165, 1.54) is 0 Å². The summed E-state index contributed by atoms with van der Waals surface area (Å²) < 4.78 is 0.204. The van der Waals surface area contributed by atoms with Gasteiger partial charge in [-0.25, -0.2) is 4.79 Å². The third kappa shape index (κ3) is 5.17. The first-order valence-electron chi connectivity index (χ1n) is 5.73. The highest BCUT2D eigenvalue weighted by atomic mass is 35.5. The third-order valence-corrected chi connectivity index (χ3v) is 4.25. The summed E-state index contributed by atoms with van der Waals surface area (Å²) in [6, 6.07) is -0.293. The summed E-state index contributed by atoms with van der Waals surface area (Å²) in [4.78, 5) is 24.8. The maximum atomic E-state index is 11.8. The summed E-state index contributed by atoms with van der Waals surface area (Å²) in [5.41, 5.74) is 0. The number of imide groups is 1. The van der Waals surface area contributed by atoms with E-state index in [4.69, 9.17) is 11.6 Å². The molecule has 1 N–H and O–H groups in total. The molecule has 6 heteroatoms. The fourth-order valence-electron chi connectivity index (χ4n) is 1.57. The number of nitrogens with zero attached hydrogens (tertiary/aromatic N) is 1. The second kappa shape index (κ2) is 6.50. The summed E-state index contributed by atoms with van der Waals surface area (Å²) in [5.74, 6) is 0.840. The number of carbonyl (C=O) groups is 2. The zero-order valence-corrected chi connectivity index (χ0v) is 11.9. The SMILES string of the molecule is CC1(C)CCN(C(=O)NC(=O)CCCl)CCS1. The van der Waals surface area contributed by atoms with Crippen molar-refractivity contribution >= 4 is 35.3 Å². The van der Waals surface area contributed by atoms with Crippen molar-refractivity contribution in [2.45, 2.75) is 31.4 Å². The Morgan fingerprint density at radius 1 is 1.41 bits per heavy atom. The Labute approximate surface area is 111 Å². The number of hydrogen-bond acceptors (Lipinski definition) is 3. The van der Waals surface area contributed by atoms with E-state index in [9.17, 15) is 9.59 Å². The first-order chi connectivity index (χ1) is 7.94. The number of alkyl halides is 1. The van der Waals surface area contributed by atoms with Crippen LogP contribution in [0.25, 0.3) is 0 Å². The lowest BCUT2D eigenvalue weighted by Crippen LogP contribution is -2.44. The van der Waals surface area contributed by atoms with Gasteiger partial charge in [0.2, 0.25) is 5.91 Å². The zero-order chi connectivity index (χ0) is 12.9. The molecule has 0 unspecified atom stereocenters. The van der Waals surface area contributed by atoms with Crippen molar-refractivity contribution in [2.24, 2.45) is 0 Å². The fraction of sp³-hybridized carbons (Fsp3) is 0.818. The van der Waals surface area contributed by atoms with E-state index in [-0.39, 0.29) is 29.0 Å². The highest BCUT2D eigenvalue weighted by Gasteiger charge is 2.26. The van der Waals surface area contributed by atoms with E-state index < -0.39 is 0 Å². The van der Waals surface area contributed by atoms with Gasteiger partial charge in [-0.3, -0.25) is 10.1 Å². The number of rotatable bonds is 2. The summed E-state index contributed by atoms with van der Waals surface area (Å²) in [6.07, 6.45) is 1.12. The number of hydrogen-bond donors (Lipinski definition) is 1. The molecule has 0 radical (unpaired) electrons. The number of carbonyl (C=O) groups excluding carboxylic acids is 2. The maximum Gasteiger partial charge on any atom is 0.324 e.